The molecule has 0 radical (unpaired) electrons. The highest BCUT2D eigenvalue weighted by Crippen LogP contribution is 2.32. The molecule has 0 spiro atoms. The fourth-order valence-corrected chi connectivity index (χ4v) is 3.28. The number of amides is 1. The molecule has 0 unspecified atom stereocenters. The monoisotopic (exact) mass is 377 g/mol. The number of ether oxygens (including phenoxy) is 1. The minimum Gasteiger partial charge on any atom is -0.443 e. The van der Waals surface area contributed by atoms with E-state index in [1.165, 1.54) is 17.0 Å². The topological polar surface area (TPSA) is 54.5 Å². The van der Waals surface area contributed by atoms with Gasteiger partial charge in [0.05, 0.1) is 17.2 Å². The Labute approximate surface area is 157 Å². The number of aryl methyl sites for hydroxylation is 1. The third kappa shape index (κ3) is 4.18. The van der Waals surface area contributed by atoms with Crippen LogP contribution in [0.5, 0.6) is 0 Å². The maximum atomic E-state index is 14.7. The average Bonchev–Trinajstić information content (AvgIpc) is 2.57. The quantitative estimate of drug-likeness (QED) is 0.855. The van der Waals surface area contributed by atoms with Gasteiger partial charge in [-0.2, -0.15) is 0 Å². The molecule has 0 aliphatic carbocycles. The van der Waals surface area contributed by atoms with Crippen LogP contribution >= 0.6 is 0 Å². The zero-order chi connectivity index (χ0) is 19.8. The van der Waals surface area contributed by atoms with Gasteiger partial charge in [-0.25, -0.2) is 13.6 Å². The number of halogens is 2. The van der Waals surface area contributed by atoms with E-state index in [2.05, 4.69) is 10.3 Å². The van der Waals surface area contributed by atoms with E-state index in [1.54, 1.807) is 39.8 Å². The van der Waals surface area contributed by atoms with E-state index < -0.39 is 29.7 Å². The normalized spacial score (nSPS) is 20.5. The van der Waals surface area contributed by atoms with Crippen LogP contribution in [0.2, 0.25) is 0 Å². The van der Waals surface area contributed by atoms with Crippen LogP contribution in [0.15, 0.2) is 24.3 Å². The van der Waals surface area contributed by atoms with Crippen molar-refractivity contribution >= 4 is 22.7 Å². The lowest BCUT2D eigenvalue weighted by atomic mass is 10.0. The summed E-state index contributed by atoms with van der Waals surface area (Å²) in [7, 11) is 0. The van der Waals surface area contributed by atoms with Crippen LogP contribution in [0, 0.1) is 12.7 Å². The van der Waals surface area contributed by atoms with Gasteiger partial charge in [0.15, 0.2) is 0 Å². The maximum absolute atomic E-state index is 14.7. The second-order valence-corrected chi connectivity index (χ2v) is 7.84. The molecule has 27 heavy (non-hydrogen) atoms. The van der Waals surface area contributed by atoms with E-state index in [-0.39, 0.29) is 11.9 Å². The van der Waals surface area contributed by atoms with Crippen molar-refractivity contribution in [2.24, 2.45) is 0 Å². The number of rotatable bonds is 2. The number of hydrogen-bond acceptors (Lipinski definition) is 4. The molecule has 1 aliphatic rings. The highest BCUT2D eigenvalue weighted by atomic mass is 19.1. The Balaban J connectivity index is 2.15. The van der Waals surface area contributed by atoms with Gasteiger partial charge in [-0.05, 0) is 64.9 Å². The number of nitrogens with one attached hydrogen (secondary N) is 1. The highest BCUT2D eigenvalue weighted by molar-refractivity contribution is 6.00. The third-order valence-corrected chi connectivity index (χ3v) is 4.48. The Bertz CT molecular complexity index is 851. The molecule has 2 aromatic rings. The van der Waals surface area contributed by atoms with E-state index >= 15 is 0 Å². The first-order valence-corrected chi connectivity index (χ1v) is 9.10. The van der Waals surface area contributed by atoms with Crippen molar-refractivity contribution in [3.63, 3.8) is 0 Å². The fourth-order valence-electron chi connectivity index (χ4n) is 3.28. The third-order valence-electron chi connectivity index (χ3n) is 4.48. The van der Waals surface area contributed by atoms with E-state index in [9.17, 15) is 13.6 Å². The van der Waals surface area contributed by atoms with Crippen molar-refractivity contribution < 1.29 is 18.3 Å². The summed E-state index contributed by atoms with van der Waals surface area (Å²) in [6, 6.07) is 5.37. The smallest absolute Gasteiger partial charge is 0.415 e. The zero-order valence-corrected chi connectivity index (χ0v) is 16.1. The molecular formula is C20H25F2N3O2. The molecule has 0 saturated carbocycles. The molecule has 1 saturated heterocycles. The largest absolute Gasteiger partial charge is 0.443 e. The SMILES string of the molecule is Cc1ccc2c(F)ccc(N(C(=O)OC(C)(C)C)[C@@H]3CCNC[C@@H]3F)c2n1. The molecule has 0 bridgehead atoms. The standard InChI is InChI=1S/C20H25F2N3O2/c1-12-5-6-13-14(21)7-8-17(18(13)24-12)25(19(26)27-20(2,3)4)16-9-10-23-11-15(16)22/h5-8,15-16,23H,9-11H2,1-4H3/t15-,16+/m0/s1. The van der Waals surface area contributed by atoms with Crippen LogP contribution in [0.25, 0.3) is 10.9 Å². The molecule has 1 amide bonds. The van der Waals surface area contributed by atoms with Gasteiger partial charge in [0, 0.05) is 17.6 Å². The Kier molecular flexibility index (Phi) is 5.33. The van der Waals surface area contributed by atoms with Crippen LogP contribution in [0.3, 0.4) is 0 Å². The summed E-state index contributed by atoms with van der Waals surface area (Å²) in [5, 5.41) is 3.27. The predicted octanol–water partition coefficient (Wildman–Crippen LogP) is 4.12. The summed E-state index contributed by atoms with van der Waals surface area (Å²) in [5.74, 6) is -0.438. The molecule has 1 aromatic heterocycles. The van der Waals surface area contributed by atoms with E-state index in [1.807, 2.05) is 0 Å². The molecule has 1 fully saturated rings. The number of hydrogen-bond donors (Lipinski definition) is 1. The first-order valence-electron chi connectivity index (χ1n) is 9.10. The van der Waals surface area contributed by atoms with Crippen LogP contribution in [0.4, 0.5) is 19.3 Å². The predicted molar refractivity (Wildman–Crippen MR) is 101 cm³/mol. The van der Waals surface area contributed by atoms with Crippen LogP contribution in [0.1, 0.15) is 32.9 Å². The van der Waals surface area contributed by atoms with Crippen LogP contribution < -0.4 is 10.2 Å². The lowest BCUT2D eigenvalue weighted by molar-refractivity contribution is 0.0535. The zero-order valence-electron chi connectivity index (χ0n) is 16.1. The van der Waals surface area contributed by atoms with Crippen molar-refractivity contribution in [2.45, 2.75) is 51.9 Å². The molecule has 146 valence electrons. The molecule has 7 heteroatoms. The van der Waals surface area contributed by atoms with Crippen LogP contribution in [-0.4, -0.2) is 42.0 Å². The van der Waals surface area contributed by atoms with Gasteiger partial charge in [0.2, 0.25) is 0 Å². The minimum absolute atomic E-state index is 0.148. The highest BCUT2D eigenvalue weighted by Gasteiger charge is 2.37. The van der Waals surface area contributed by atoms with Crippen molar-refractivity contribution in [3.05, 3.63) is 35.8 Å². The van der Waals surface area contributed by atoms with Gasteiger partial charge in [-0.15, -0.1) is 0 Å². The summed E-state index contributed by atoms with van der Waals surface area (Å²) in [6.45, 7) is 7.77. The van der Waals surface area contributed by atoms with Gasteiger partial charge in [-0.3, -0.25) is 9.88 Å². The van der Waals surface area contributed by atoms with Crippen molar-refractivity contribution in [2.75, 3.05) is 18.0 Å². The Morgan fingerprint density at radius 2 is 2.04 bits per heavy atom. The summed E-state index contributed by atoms with van der Waals surface area (Å²) >= 11 is 0. The number of pyridine rings is 1. The first kappa shape index (κ1) is 19.5. The molecular weight excluding hydrogens is 352 g/mol. The van der Waals surface area contributed by atoms with Gasteiger partial charge in [0.25, 0.3) is 0 Å². The molecule has 3 rings (SSSR count). The van der Waals surface area contributed by atoms with E-state index in [0.29, 0.717) is 29.9 Å². The van der Waals surface area contributed by atoms with Crippen LogP contribution in [-0.2, 0) is 4.74 Å². The number of carbonyl (C=O) groups is 1. The van der Waals surface area contributed by atoms with Gasteiger partial charge in [-0.1, -0.05) is 0 Å². The minimum atomic E-state index is -1.27. The van der Waals surface area contributed by atoms with Gasteiger partial charge in [0.1, 0.15) is 17.6 Å². The second kappa shape index (κ2) is 7.38. The molecule has 1 aromatic carbocycles. The Hall–Kier alpha value is -2.28. The number of piperidine rings is 1. The second-order valence-electron chi connectivity index (χ2n) is 7.84. The molecule has 5 nitrogen and oxygen atoms in total. The Morgan fingerprint density at radius 3 is 2.70 bits per heavy atom. The van der Waals surface area contributed by atoms with E-state index in [0.717, 1.165) is 0 Å². The summed E-state index contributed by atoms with van der Waals surface area (Å²) in [6.07, 6.45) is -1.50. The number of benzene rings is 1. The number of fused-ring (bicyclic) bond motifs is 1. The van der Waals surface area contributed by atoms with Crippen molar-refractivity contribution in [1.82, 2.24) is 10.3 Å². The average molecular weight is 377 g/mol. The van der Waals surface area contributed by atoms with Crippen molar-refractivity contribution in [3.8, 4) is 0 Å². The van der Waals surface area contributed by atoms with Gasteiger partial charge >= 0.3 is 6.09 Å². The molecule has 2 atom stereocenters. The number of nitrogens with zero attached hydrogens (tertiary/aromatic N) is 2. The Morgan fingerprint density at radius 1 is 1.30 bits per heavy atom. The number of aromatic nitrogens is 1. The number of anilines is 1. The van der Waals surface area contributed by atoms with E-state index in [4.69, 9.17) is 4.74 Å². The van der Waals surface area contributed by atoms with Gasteiger partial charge < -0.3 is 10.1 Å². The fraction of sp³-hybridized carbons (Fsp3) is 0.500. The first-order chi connectivity index (χ1) is 12.7. The van der Waals surface area contributed by atoms with Crippen molar-refractivity contribution in [1.29, 1.82) is 0 Å². The lowest BCUT2D eigenvalue weighted by Crippen LogP contribution is -2.54. The number of alkyl halides is 1. The molecule has 2 heterocycles. The summed E-state index contributed by atoms with van der Waals surface area (Å²) in [5.41, 5.74) is 0.624. The molecule has 1 N–H and O–H groups in total. The maximum Gasteiger partial charge on any atom is 0.415 e. The summed E-state index contributed by atoms with van der Waals surface area (Å²) < 4.78 is 34.6. The lowest BCUT2D eigenvalue weighted by Gasteiger charge is -2.37. The summed E-state index contributed by atoms with van der Waals surface area (Å²) in [4.78, 5) is 18.8. The molecule has 1 aliphatic heterocycles. The number of carbonyl (C=O) groups excluding carboxylic acids is 1.